The van der Waals surface area contributed by atoms with Crippen molar-refractivity contribution in [3.8, 4) is 5.75 Å². The fourth-order valence-corrected chi connectivity index (χ4v) is 1.49. The molecule has 0 saturated carbocycles. The van der Waals surface area contributed by atoms with Crippen molar-refractivity contribution in [2.45, 2.75) is 6.92 Å². The predicted molar refractivity (Wildman–Crippen MR) is 71.3 cm³/mol. The summed E-state index contributed by atoms with van der Waals surface area (Å²) in [6.07, 6.45) is 0. The average Bonchev–Trinajstić information content (AvgIpc) is 2.37. The summed E-state index contributed by atoms with van der Waals surface area (Å²) >= 11 is 0. The van der Waals surface area contributed by atoms with Crippen molar-refractivity contribution in [1.29, 1.82) is 0 Å². The van der Waals surface area contributed by atoms with Crippen molar-refractivity contribution in [3.63, 3.8) is 0 Å². The van der Waals surface area contributed by atoms with Crippen LogP contribution in [-0.2, 0) is 0 Å². The van der Waals surface area contributed by atoms with Gasteiger partial charge >= 0.3 is 5.69 Å². The second kappa shape index (κ2) is 6.80. The topological polar surface area (TPSA) is 67.6 Å². The number of nitro benzene ring substituents is 1. The largest absolute Gasteiger partial charge is 0.490 e. The number of rotatable bonds is 7. The van der Waals surface area contributed by atoms with Gasteiger partial charge in [0.1, 0.15) is 0 Å². The van der Waals surface area contributed by atoms with Gasteiger partial charge in [0.2, 0.25) is 0 Å². The number of nitrogens with zero attached hydrogens (tertiary/aromatic N) is 2. The van der Waals surface area contributed by atoms with E-state index < -0.39 is 4.92 Å². The van der Waals surface area contributed by atoms with E-state index in [0.717, 1.165) is 25.3 Å². The number of hydrogen-bond acceptors (Lipinski definition) is 5. The predicted octanol–water partition coefficient (Wildman–Crippen LogP) is 1.97. The number of ether oxygens (including phenoxy) is 1. The first-order valence-corrected chi connectivity index (χ1v) is 5.83. The molecule has 0 fully saturated rings. The van der Waals surface area contributed by atoms with Crippen molar-refractivity contribution in [2.24, 2.45) is 0 Å². The van der Waals surface area contributed by atoms with Crippen LogP contribution >= 0.6 is 0 Å². The van der Waals surface area contributed by atoms with E-state index in [4.69, 9.17) is 4.74 Å². The summed E-state index contributed by atoms with van der Waals surface area (Å²) in [7, 11) is 3.47. The number of hydrogen-bond donors (Lipinski definition) is 1. The zero-order chi connectivity index (χ0) is 13.5. The summed E-state index contributed by atoms with van der Waals surface area (Å²) < 4.78 is 5.00. The van der Waals surface area contributed by atoms with Crippen LogP contribution in [0, 0.1) is 10.1 Å². The zero-order valence-corrected chi connectivity index (χ0v) is 11.0. The van der Waals surface area contributed by atoms with Gasteiger partial charge in [-0.2, -0.15) is 0 Å². The molecule has 0 bridgehead atoms. The van der Waals surface area contributed by atoms with Crippen LogP contribution in [0.25, 0.3) is 0 Å². The van der Waals surface area contributed by atoms with Gasteiger partial charge in [-0.3, -0.25) is 10.1 Å². The molecule has 0 heterocycles. The van der Waals surface area contributed by atoms with Crippen LogP contribution in [0.3, 0.4) is 0 Å². The van der Waals surface area contributed by atoms with Gasteiger partial charge in [-0.05, 0) is 19.7 Å². The minimum atomic E-state index is -0.451. The van der Waals surface area contributed by atoms with Crippen LogP contribution < -0.4 is 10.1 Å². The van der Waals surface area contributed by atoms with Crippen LogP contribution in [-0.4, -0.2) is 43.6 Å². The number of nitrogens with one attached hydrogen (secondary N) is 1. The number of methoxy groups -OCH3 is 1. The van der Waals surface area contributed by atoms with E-state index in [1.165, 1.54) is 13.2 Å². The normalized spacial score (nSPS) is 10.4. The molecule has 0 aliphatic heterocycles. The molecular formula is C12H19N3O3. The maximum absolute atomic E-state index is 10.7. The van der Waals surface area contributed by atoms with Crippen molar-refractivity contribution in [2.75, 3.05) is 39.1 Å². The second-order valence-corrected chi connectivity index (χ2v) is 3.97. The molecule has 0 amide bonds. The molecule has 1 rings (SSSR count). The van der Waals surface area contributed by atoms with Crippen LogP contribution in [0.1, 0.15) is 6.92 Å². The van der Waals surface area contributed by atoms with Crippen LogP contribution in [0.2, 0.25) is 0 Å². The first-order chi connectivity index (χ1) is 8.58. The summed E-state index contributed by atoms with van der Waals surface area (Å²) in [4.78, 5) is 12.5. The van der Waals surface area contributed by atoms with Gasteiger partial charge < -0.3 is 15.0 Å². The molecule has 18 heavy (non-hydrogen) atoms. The Kier molecular flexibility index (Phi) is 5.38. The molecule has 1 aromatic rings. The van der Waals surface area contributed by atoms with E-state index in [0.29, 0.717) is 0 Å². The van der Waals surface area contributed by atoms with Crippen molar-refractivity contribution in [3.05, 3.63) is 28.3 Å². The number of likely N-dealkylation sites (N-methyl/N-ethyl adjacent to an activating group) is 1. The van der Waals surface area contributed by atoms with Crippen molar-refractivity contribution < 1.29 is 9.66 Å². The van der Waals surface area contributed by atoms with Crippen molar-refractivity contribution >= 4 is 11.4 Å². The molecule has 0 aliphatic rings. The molecule has 0 aromatic heterocycles. The summed E-state index contributed by atoms with van der Waals surface area (Å²) in [5.41, 5.74) is 0.802. The Morgan fingerprint density at radius 1 is 1.50 bits per heavy atom. The molecule has 6 nitrogen and oxygen atoms in total. The Morgan fingerprint density at radius 3 is 2.78 bits per heavy atom. The molecule has 0 atom stereocenters. The lowest BCUT2D eigenvalue weighted by molar-refractivity contribution is -0.385. The van der Waals surface area contributed by atoms with E-state index in [1.807, 2.05) is 7.05 Å². The Bertz CT molecular complexity index is 410. The average molecular weight is 253 g/mol. The molecule has 1 aromatic carbocycles. The molecule has 1 N–H and O–H groups in total. The molecule has 0 spiro atoms. The maximum atomic E-state index is 10.7. The van der Waals surface area contributed by atoms with Crippen molar-refractivity contribution in [1.82, 2.24) is 4.90 Å². The molecule has 6 heteroatoms. The molecule has 0 radical (unpaired) electrons. The minimum Gasteiger partial charge on any atom is -0.490 e. The fraction of sp³-hybridized carbons (Fsp3) is 0.500. The summed E-state index contributed by atoms with van der Waals surface area (Å²) in [5, 5.41) is 13.9. The lowest BCUT2D eigenvalue weighted by Crippen LogP contribution is -2.24. The Labute approximate surface area is 107 Å². The minimum absolute atomic E-state index is 0.0197. The standard InChI is InChI=1S/C12H19N3O3/c1-4-14(2)8-7-13-10-5-6-11(15(16)17)12(9-10)18-3/h5-6,9,13H,4,7-8H2,1-3H3. The van der Waals surface area contributed by atoms with Gasteiger partial charge in [0.15, 0.2) is 5.75 Å². The molecule has 0 saturated heterocycles. The lowest BCUT2D eigenvalue weighted by Gasteiger charge is -2.15. The zero-order valence-electron chi connectivity index (χ0n) is 11.0. The maximum Gasteiger partial charge on any atom is 0.311 e. The first kappa shape index (κ1) is 14.2. The van der Waals surface area contributed by atoms with E-state index in [2.05, 4.69) is 17.1 Å². The van der Waals surface area contributed by atoms with Crippen LogP contribution in [0.4, 0.5) is 11.4 Å². The molecule has 100 valence electrons. The summed E-state index contributed by atoms with van der Waals surface area (Å²) in [5.74, 6) is 0.272. The molecular weight excluding hydrogens is 234 g/mol. The second-order valence-electron chi connectivity index (χ2n) is 3.97. The third-order valence-corrected chi connectivity index (χ3v) is 2.74. The molecule has 0 aliphatic carbocycles. The summed E-state index contributed by atoms with van der Waals surface area (Å²) in [6, 6.07) is 4.78. The van der Waals surface area contributed by atoms with E-state index in [9.17, 15) is 10.1 Å². The quantitative estimate of drug-likeness (QED) is 0.594. The number of nitro groups is 1. The third kappa shape index (κ3) is 3.89. The molecule has 0 unspecified atom stereocenters. The van der Waals surface area contributed by atoms with Gasteiger partial charge in [-0.1, -0.05) is 6.92 Å². The highest BCUT2D eigenvalue weighted by molar-refractivity contribution is 5.57. The van der Waals surface area contributed by atoms with Gasteiger partial charge in [0.05, 0.1) is 12.0 Å². The highest BCUT2D eigenvalue weighted by Crippen LogP contribution is 2.29. The number of anilines is 1. The van der Waals surface area contributed by atoms with Gasteiger partial charge in [-0.25, -0.2) is 0 Å². The third-order valence-electron chi connectivity index (χ3n) is 2.74. The fourth-order valence-electron chi connectivity index (χ4n) is 1.49. The van der Waals surface area contributed by atoms with Gasteiger partial charge in [0.25, 0.3) is 0 Å². The van der Waals surface area contributed by atoms with Crippen LogP contribution in [0.15, 0.2) is 18.2 Å². The van der Waals surface area contributed by atoms with E-state index >= 15 is 0 Å². The van der Waals surface area contributed by atoms with E-state index in [1.54, 1.807) is 12.1 Å². The van der Waals surface area contributed by atoms with Gasteiger partial charge in [0, 0.05) is 30.9 Å². The lowest BCUT2D eigenvalue weighted by atomic mass is 10.2. The van der Waals surface area contributed by atoms with Gasteiger partial charge in [-0.15, -0.1) is 0 Å². The Hall–Kier alpha value is -1.82. The summed E-state index contributed by atoms with van der Waals surface area (Å²) in [6.45, 7) is 4.78. The highest BCUT2D eigenvalue weighted by Gasteiger charge is 2.14. The Morgan fingerprint density at radius 2 is 2.22 bits per heavy atom. The van der Waals surface area contributed by atoms with Crippen LogP contribution in [0.5, 0.6) is 5.75 Å². The first-order valence-electron chi connectivity index (χ1n) is 5.83. The smallest absolute Gasteiger partial charge is 0.311 e. The Balaban J connectivity index is 2.65. The SMILES string of the molecule is CCN(C)CCNc1ccc([N+](=O)[O-])c(OC)c1. The van der Waals surface area contributed by atoms with E-state index in [-0.39, 0.29) is 11.4 Å². The monoisotopic (exact) mass is 253 g/mol. The number of benzene rings is 1. The highest BCUT2D eigenvalue weighted by atomic mass is 16.6.